The SMILES string of the molecule is O=C(CN1C(=O)c2ccccc2C1=O)OCc1ccc(C(=O)Nc2ccccc2)cc1. The lowest BCUT2D eigenvalue weighted by atomic mass is 10.1. The standard InChI is InChI=1S/C24H18N2O5/c27-21(14-26-23(29)19-8-4-5-9-20(19)24(26)30)31-15-16-10-12-17(13-11-16)22(28)25-18-6-2-1-3-7-18/h1-13H,14-15H2,(H,25,28). The van der Waals surface area contributed by atoms with Crippen LogP contribution in [0.5, 0.6) is 0 Å². The summed E-state index contributed by atoms with van der Waals surface area (Å²) in [4.78, 5) is 49.9. The van der Waals surface area contributed by atoms with Crippen LogP contribution in [-0.2, 0) is 16.1 Å². The number of anilines is 1. The van der Waals surface area contributed by atoms with Crippen LogP contribution in [-0.4, -0.2) is 35.1 Å². The first kappa shape index (κ1) is 20.0. The molecule has 0 saturated heterocycles. The van der Waals surface area contributed by atoms with Gasteiger partial charge >= 0.3 is 5.97 Å². The highest BCUT2D eigenvalue weighted by Crippen LogP contribution is 2.22. The number of esters is 1. The van der Waals surface area contributed by atoms with Crippen molar-refractivity contribution in [2.75, 3.05) is 11.9 Å². The summed E-state index contributed by atoms with van der Waals surface area (Å²) in [6.45, 7) is -0.494. The molecule has 3 amide bonds. The van der Waals surface area contributed by atoms with Gasteiger partial charge in [-0.05, 0) is 42.0 Å². The van der Waals surface area contributed by atoms with Crippen molar-refractivity contribution in [3.63, 3.8) is 0 Å². The van der Waals surface area contributed by atoms with Crippen LogP contribution in [0.3, 0.4) is 0 Å². The van der Waals surface area contributed by atoms with Crippen molar-refractivity contribution < 1.29 is 23.9 Å². The van der Waals surface area contributed by atoms with Gasteiger partial charge in [0.15, 0.2) is 0 Å². The van der Waals surface area contributed by atoms with E-state index in [1.807, 2.05) is 18.2 Å². The molecule has 0 aliphatic carbocycles. The van der Waals surface area contributed by atoms with Crippen LogP contribution in [0.2, 0.25) is 0 Å². The molecule has 0 radical (unpaired) electrons. The molecule has 4 rings (SSSR count). The number of carbonyl (C=O) groups is 4. The molecule has 0 fully saturated rings. The van der Waals surface area contributed by atoms with Gasteiger partial charge in [-0.3, -0.25) is 24.1 Å². The van der Waals surface area contributed by atoms with E-state index >= 15 is 0 Å². The van der Waals surface area contributed by atoms with Gasteiger partial charge in [0.05, 0.1) is 11.1 Å². The normalized spacial score (nSPS) is 12.5. The van der Waals surface area contributed by atoms with Crippen molar-refractivity contribution in [3.8, 4) is 0 Å². The molecule has 3 aromatic carbocycles. The molecule has 0 atom stereocenters. The zero-order valence-corrected chi connectivity index (χ0v) is 16.4. The Morgan fingerprint density at radius 2 is 1.35 bits per heavy atom. The van der Waals surface area contributed by atoms with Crippen LogP contribution < -0.4 is 5.32 Å². The fraction of sp³-hybridized carbons (Fsp3) is 0.0833. The minimum atomic E-state index is -0.694. The highest BCUT2D eigenvalue weighted by molar-refractivity contribution is 6.22. The lowest BCUT2D eigenvalue weighted by Gasteiger charge is -2.13. The highest BCUT2D eigenvalue weighted by Gasteiger charge is 2.36. The molecule has 7 nitrogen and oxygen atoms in total. The first-order valence-corrected chi connectivity index (χ1v) is 9.59. The Morgan fingerprint density at radius 3 is 1.97 bits per heavy atom. The number of ether oxygens (including phenoxy) is 1. The Morgan fingerprint density at radius 1 is 0.774 bits per heavy atom. The minimum absolute atomic E-state index is 0.0391. The summed E-state index contributed by atoms with van der Waals surface area (Å²) >= 11 is 0. The van der Waals surface area contributed by atoms with E-state index in [-0.39, 0.29) is 23.6 Å². The van der Waals surface area contributed by atoms with Gasteiger partial charge in [-0.25, -0.2) is 0 Å². The quantitative estimate of drug-likeness (QED) is 0.494. The van der Waals surface area contributed by atoms with E-state index < -0.39 is 24.3 Å². The molecule has 0 spiro atoms. The topological polar surface area (TPSA) is 92.8 Å². The number of hydrogen-bond donors (Lipinski definition) is 1. The molecule has 1 heterocycles. The van der Waals surface area contributed by atoms with Crippen LogP contribution in [0.15, 0.2) is 78.9 Å². The van der Waals surface area contributed by atoms with Gasteiger partial charge in [0.1, 0.15) is 13.2 Å². The zero-order chi connectivity index (χ0) is 21.8. The average molecular weight is 414 g/mol. The second-order valence-electron chi connectivity index (χ2n) is 6.92. The highest BCUT2D eigenvalue weighted by atomic mass is 16.5. The first-order valence-electron chi connectivity index (χ1n) is 9.59. The summed E-state index contributed by atoms with van der Waals surface area (Å²) in [6.07, 6.45) is 0. The molecular weight excluding hydrogens is 396 g/mol. The molecule has 1 aliphatic rings. The Hall–Kier alpha value is -4.26. The number of imide groups is 1. The second kappa shape index (κ2) is 8.62. The van der Waals surface area contributed by atoms with Crippen molar-refractivity contribution in [1.82, 2.24) is 4.90 Å². The second-order valence-corrected chi connectivity index (χ2v) is 6.92. The molecule has 7 heteroatoms. The van der Waals surface area contributed by atoms with E-state index in [9.17, 15) is 19.2 Å². The molecule has 3 aromatic rings. The Kier molecular flexibility index (Phi) is 5.57. The van der Waals surface area contributed by atoms with E-state index in [1.165, 1.54) is 0 Å². The van der Waals surface area contributed by atoms with E-state index in [1.54, 1.807) is 60.7 Å². The van der Waals surface area contributed by atoms with Crippen molar-refractivity contribution >= 4 is 29.4 Å². The zero-order valence-electron chi connectivity index (χ0n) is 16.4. The van der Waals surface area contributed by atoms with E-state index in [4.69, 9.17) is 4.74 Å². The molecule has 0 unspecified atom stereocenters. The molecule has 0 saturated carbocycles. The fourth-order valence-corrected chi connectivity index (χ4v) is 3.20. The molecule has 154 valence electrons. The van der Waals surface area contributed by atoms with Crippen LogP contribution in [0.25, 0.3) is 0 Å². The molecule has 1 aliphatic heterocycles. The van der Waals surface area contributed by atoms with Gasteiger partial charge in [0.25, 0.3) is 17.7 Å². The third kappa shape index (κ3) is 4.35. The van der Waals surface area contributed by atoms with Gasteiger partial charge in [0.2, 0.25) is 0 Å². The summed E-state index contributed by atoms with van der Waals surface area (Å²) in [5.74, 6) is -1.96. The number of para-hydroxylation sites is 1. The maximum absolute atomic E-state index is 12.3. The van der Waals surface area contributed by atoms with Gasteiger partial charge < -0.3 is 10.1 Å². The predicted molar refractivity (Wildman–Crippen MR) is 112 cm³/mol. The fourth-order valence-electron chi connectivity index (χ4n) is 3.20. The monoisotopic (exact) mass is 414 g/mol. The summed E-state index contributed by atoms with van der Waals surface area (Å²) in [5.41, 5.74) is 2.39. The lowest BCUT2D eigenvalue weighted by molar-refractivity contribution is -0.145. The van der Waals surface area contributed by atoms with Crippen molar-refractivity contribution in [2.45, 2.75) is 6.61 Å². The number of rotatable bonds is 6. The number of fused-ring (bicyclic) bond motifs is 1. The average Bonchev–Trinajstić information content (AvgIpc) is 3.04. The largest absolute Gasteiger partial charge is 0.459 e. The third-order valence-corrected chi connectivity index (χ3v) is 4.81. The van der Waals surface area contributed by atoms with Crippen LogP contribution in [0.1, 0.15) is 36.6 Å². The number of nitrogens with one attached hydrogen (secondary N) is 1. The van der Waals surface area contributed by atoms with Crippen molar-refractivity contribution in [3.05, 3.63) is 101 Å². The van der Waals surface area contributed by atoms with E-state index in [0.29, 0.717) is 16.8 Å². The molecule has 0 aromatic heterocycles. The Balaban J connectivity index is 1.30. The van der Waals surface area contributed by atoms with Gasteiger partial charge in [-0.15, -0.1) is 0 Å². The summed E-state index contributed by atoms with van der Waals surface area (Å²) in [7, 11) is 0. The Labute approximate surface area is 178 Å². The van der Waals surface area contributed by atoms with Crippen molar-refractivity contribution in [1.29, 1.82) is 0 Å². The molecule has 0 bridgehead atoms. The lowest BCUT2D eigenvalue weighted by Crippen LogP contribution is -2.35. The molecular formula is C24H18N2O5. The van der Waals surface area contributed by atoms with Crippen LogP contribution >= 0.6 is 0 Å². The summed E-state index contributed by atoms with van der Waals surface area (Å²) < 4.78 is 5.20. The number of carbonyl (C=O) groups excluding carboxylic acids is 4. The van der Waals surface area contributed by atoms with Gasteiger partial charge in [-0.2, -0.15) is 0 Å². The molecule has 1 N–H and O–H groups in total. The van der Waals surface area contributed by atoms with E-state index in [2.05, 4.69) is 5.32 Å². The third-order valence-electron chi connectivity index (χ3n) is 4.81. The van der Waals surface area contributed by atoms with Crippen molar-refractivity contribution in [2.24, 2.45) is 0 Å². The number of benzene rings is 3. The van der Waals surface area contributed by atoms with Gasteiger partial charge in [0, 0.05) is 11.3 Å². The van der Waals surface area contributed by atoms with E-state index in [0.717, 1.165) is 4.90 Å². The summed E-state index contributed by atoms with van der Waals surface area (Å²) in [5, 5.41) is 2.79. The van der Waals surface area contributed by atoms with Gasteiger partial charge in [-0.1, -0.05) is 42.5 Å². The molecule has 31 heavy (non-hydrogen) atoms. The Bertz CT molecular complexity index is 1120. The maximum atomic E-state index is 12.3. The van der Waals surface area contributed by atoms with Crippen LogP contribution in [0, 0.1) is 0 Å². The summed E-state index contributed by atoms with van der Waals surface area (Å²) in [6, 6.07) is 22.1. The van der Waals surface area contributed by atoms with Crippen LogP contribution in [0.4, 0.5) is 5.69 Å². The minimum Gasteiger partial charge on any atom is -0.459 e. The number of nitrogens with zero attached hydrogens (tertiary/aromatic N) is 1. The smallest absolute Gasteiger partial charge is 0.326 e. The number of amides is 3. The maximum Gasteiger partial charge on any atom is 0.326 e. The first-order chi connectivity index (χ1) is 15.0. The number of hydrogen-bond acceptors (Lipinski definition) is 5. The predicted octanol–water partition coefficient (Wildman–Crippen LogP) is 3.28.